The Balaban J connectivity index is 2.55. The Kier molecular flexibility index (Phi) is 7.57. The molecule has 0 spiro atoms. The van der Waals surface area contributed by atoms with Crippen LogP contribution in [0.15, 0.2) is 24.3 Å². The lowest BCUT2D eigenvalue weighted by molar-refractivity contribution is 0.383. The van der Waals surface area contributed by atoms with Crippen LogP contribution in [-0.4, -0.2) is 19.2 Å². The van der Waals surface area contributed by atoms with Crippen molar-refractivity contribution in [1.29, 1.82) is 0 Å². The zero-order valence-electron chi connectivity index (χ0n) is 12.9. The molecule has 1 atom stereocenters. The second-order valence-corrected chi connectivity index (χ2v) is 5.36. The van der Waals surface area contributed by atoms with Gasteiger partial charge >= 0.3 is 0 Å². The largest absolute Gasteiger partial charge is 0.496 e. The average molecular weight is 263 g/mol. The van der Waals surface area contributed by atoms with Gasteiger partial charge in [0.05, 0.1) is 7.11 Å². The monoisotopic (exact) mass is 263 g/mol. The molecule has 0 heterocycles. The van der Waals surface area contributed by atoms with E-state index in [0.29, 0.717) is 12.1 Å². The fraction of sp³-hybridized carbons (Fsp3) is 0.647. The van der Waals surface area contributed by atoms with Crippen molar-refractivity contribution in [3.63, 3.8) is 0 Å². The first-order valence-corrected chi connectivity index (χ1v) is 7.59. The topological polar surface area (TPSA) is 21.3 Å². The summed E-state index contributed by atoms with van der Waals surface area (Å²) in [5, 5.41) is 3.76. The SMILES string of the molecule is CCCC(CCC)NC(C)Cc1ccccc1OC. The molecule has 2 heteroatoms. The van der Waals surface area contributed by atoms with Gasteiger partial charge in [0.1, 0.15) is 5.75 Å². The molecule has 0 aromatic heterocycles. The second-order valence-electron chi connectivity index (χ2n) is 5.36. The van der Waals surface area contributed by atoms with E-state index in [1.807, 2.05) is 12.1 Å². The van der Waals surface area contributed by atoms with Crippen molar-refractivity contribution in [2.24, 2.45) is 0 Å². The zero-order chi connectivity index (χ0) is 14.1. The predicted molar refractivity (Wildman–Crippen MR) is 82.9 cm³/mol. The molecule has 0 saturated carbocycles. The molecule has 1 unspecified atom stereocenters. The first kappa shape index (κ1) is 16.0. The molecule has 0 radical (unpaired) electrons. The Labute approximate surface area is 118 Å². The van der Waals surface area contributed by atoms with Crippen LogP contribution in [0.5, 0.6) is 5.75 Å². The van der Waals surface area contributed by atoms with Crippen LogP contribution in [0.3, 0.4) is 0 Å². The Morgan fingerprint density at radius 1 is 1.11 bits per heavy atom. The molecule has 0 fully saturated rings. The Morgan fingerprint density at radius 2 is 1.74 bits per heavy atom. The number of benzene rings is 1. The first-order valence-electron chi connectivity index (χ1n) is 7.59. The first-order chi connectivity index (χ1) is 9.21. The molecule has 1 rings (SSSR count). The van der Waals surface area contributed by atoms with Gasteiger partial charge < -0.3 is 10.1 Å². The van der Waals surface area contributed by atoms with Crippen molar-refractivity contribution in [3.05, 3.63) is 29.8 Å². The summed E-state index contributed by atoms with van der Waals surface area (Å²) >= 11 is 0. The standard InChI is InChI=1S/C17H29NO/c1-5-9-16(10-6-2)18-14(3)13-15-11-7-8-12-17(15)19-4/h7-8,11-12,14,16,18H,5-6,9-10,13H2,1-4H3. The molecule has 0 aliphatic rings. The minimum Gasteiger partial charge on any atom is -0.496 e. The van der Waals surface area contributed by atoms with E-state index in [9.17, 15) is 0 Å². The summed E-state index contributed by atoms with van der Waals surface area (Å²) < 4.78 is 5.42. The van der Waals surface area contributed by atoms with Gasteiger partial charge in [-0.25, -0.2) is 0 Å². The summed E-state index contributed by atoms with van der Waals surface area (Å²) in [4.78, 5) is 0. The molecule has 0 bridgehead atoms. The highest BCUT2D eigenvalue weighted by Gasteiger charge is 2.12. The van der Waals surface area contributed by atoms with Crippen LogP contribution in [0, 0.1) is 0 Å². The van der Waals surface area contributed by atoms with Crippen LogP contribution in [0.25, 0.3) is 0 Å². The van der Waals surface area contributed by atoms with E-state index in [4.69, 9.17) is 4.74 Å². The van der Waals surface area contributed by atoms with E-state index in [0.717, 1.165) is 12.2 Å². The van der Waals surface area contributed by atoms with E-state index >= 15 is 0 Å². The third kappa shape index (κ3) is 5.65. The van der Waals surface area contributed by atoms with Crippen molar-refractivity contribution in [3.8, 4) is 5.75 Å². The van der Waals surface area contributed by atoms with Crippen LogP contribution in [0.4, 0.5) is 0 Å². The molecule has 0 saturated heterocycles. The molecule has 2 nitrogen and oxygen atoms in total. The van der Waals surface area contributed by atoms with E-state index in [1.54, 1.807) is 7.11 Å². The number of para-hydroxylation sites is 1. The molecule has 1 aromatic rings. The lowest BCUT2D eigenvalue weighted by atomic mass is 10.0. The smallest absolute Gasteiger partial charge is 0.122 e. The molecule has 1 aromatic carbocycles. The number of ether oxygens (including phenoxy) is 1. The Bertz CT molecular complexity index is 345. The third-order valence-electron chi connectivity index (χ3n) is 3.51. The molecule has 0 aliphatic carbocycles. The minimum atomic E-state index is 0.486. The minimum absolute atomic E-state index is 0.486. The summed E-state index contributed by atoms with van der Waals surface area (Å²) in [5.74, 6) is 0.999. The number of rotatable bonds is 9. The molecule has 108 valence electrons. The van der Waals surface area contributed by atoms with Crippen LogP contribution >= 0.6 is 0 Å². The van der Waals surface area contributed by atoms with Crippen molar-refractivity contribution >= 4 is 0 Å². The summed E-state index contributed by atoms with van der Waals surface area (Å²) in [6, 6.07) is 9.44. The van der Waals surface area contributed by atoms with E-state index in [-0.39, 0.29) is 0 Å². The molecule has 0 aliphatic heterocycles. The van der Waals surface area contributed by atoms with Crippen molar-refractivity contribution in [2.75, 3.05) is 7.11 Å². The van der Waals surface area contributed by atoms with Crippen molar-refractivity contribution in [1.82, 2.24) is 5.32 Å². The zero-order valence-corrected chi connectivity index (χ0v) is 12.9. The predicted octanol–water partition coefficient (Wildman–Crippen LogP) is 4.18. The van der Waals surface area contributed by atoms with E-state index in [2.05, 4.69) is 38.2 Å². The quantitative estimate of drug-likeness (QED) is 0.721. The highest BCUT2D eigenvalue weighted by atomic mass is 16.5. The maximum Gasteiger partial charge on any atom is 0.122 e. The maximum atomic E-state index is 5.42. The van der Waals surface area contributed by atoms with Crippen LogP contribution in [0.2, 0.25) is 0 Å². The van der Waals surface area contributed by atoms with Crippen LogP contribution in [0.1, 0.15) is 52.0 Å². The average Bonchev–Trinajstić information content (AvgIpc) is 2.40. The number of hydrogen-bond donors (Lipinski definition) is 1. The number of methoxy groups -OCH3 is 1. The summed E-state index contributed by atoms with van der Waals surface area (Å²) in [6.45, 7) is 6.79. The molecule has 19 heavy (non-hydrogen) atoms. The summed E-state index contributed by atoms with van der Waals surface area (Å²) in [5.41, 5.74) is 1.29. The number of nitrogens with one attached hydrogen (secondary N) is 1. The van der Waals surface area contributed by atoms with Gasteiger partial charge in [0, 0.05) is 12.1 Å². The molecule has 1 N–H and O–H groups in total. The fourth-order valence-corrected chi connectivity index (χ4v) is 2.67. The molecule has 0 amide bonds. The Hall–Kier alpha value is -1.02. The highest BCUT2D eigenvalue weighted by Crippen LogP contribution is 2.19. The van der Waals surface area contributed by atoms with Crippen LogP contribution in [-0.2, 0) is 6.42 Å². The molecular formula is C17H29NO. The summed E-state index contributed by atoms with van der Waals surface area (Å²) in [7, 11) is 1.74. The lowest BCUT2D eigenvalue weighted by Gasteiger charge is -2.23. The molecular weight excluding hydrogens is 234 g/mol. The van der Waals surface area contributed by atoms with Gasteiger partial charge in [0.25, 0.3) is 0 Å². The maximum absolute atomic E-state index is 5.42. The van der Waals surface area contributed by atoms with Gasteiger partial charge in [0.2, 0.25) is 0 Å². The number of hydrogen-bond acceptors (Lipinski definition) is 2. The fourth-order valence-electron chi connectivity index (χ4n) is 2.67. The van der Waals surface area contributed by atoms with Gasteiger partial charge in [-0.1, -0.05) is 44.9 Å². The lowest BCUT2D eigenvalue weighted by Crippen LogP contribution is -2.37. The van der Waals surface area contributed by atoms with E-state index < -0.39 is 0 Å². The van der Waals surface area contributed by atoms with Gasteiger partial charge in [-0.05, 0) is 37.8 Å². The summed E-state index contributed by atoms with van der Waals surface area (Å²) in [6.07, 6.45) is 6.06. The van der Waals surface area contributed by atoms with Gasteiger partial charge in [-0.15, -0.1) is 0 Å². The van der Waals surface area contributed by atoms with Crippen molar-refractivity contribution in [2.45, 2.75) is 65.0 Å². The normalized spacial score (nSPS) is 12.7. The van der Waals surface area contributed by atoms with Crippen LogP contribution < -0.4 is 10.1 Å². The second kappa shape index (κ2) is 8.98. The van der Waals surface area contributed by atoms with Gasteiger partial charge in [0.15, 0.2) is 0 Å². The van der Waals surface area contributed by atoms with Gasteiger partial charge in [-0.3, -0.25) is 0 Å². The van der Waals surface area contributed by atoms with Crippen molar-refractivity contribution < 1.29 is 4.74 Å². The highest BCUT2D eigenvalue weighted by molar-refractivity contribution is 5.33. The van der Waals surface area contributed by atoms with E-state index in [1.165, 1.54) is 31.2 Å². The third-order valence-corrected chi connectivity index (χ3v) is 3.51. The Morgan fingerprint density at radius 3 is 2.32 bits per heavy atom. The van der Waals surface area contributed by atoms with Gasteiger partial charge in [-0.2, -0.15) is 0 Å².